The molecule has 78 valence electrons. The summed E-state index contributed by atoms with van der Waals surface area (Å²) in [4.78, 5) is 6.59. The van der Waals surface area contributed by atoms with E-state index in [1.165, 1.54) is 0 Å². The zero-order chi connectivity index (χ0) is 10.4. The topological polar surface area (TPSA) is 41.6 Å². The Morgan fingerprint density at radius 1 is 1.50 bits per heavy atom. The zero-order valence-corrected chi connectivity index (χ0v) is 8.82. The Kier molecular flexibility index (Phi) is 4.40. The van der Waals surface area contributed by atoms with Crippen molar-refractivity contribution in [3.05, 3.63) is 24.9 Å². The van der Waals surface area contributed by atoms with Gasteiger partial charge in [0, 0.05) is 25.3 Å². The van der Waals surface area contributed by atoms with E-state index >= 15 is 0 Å². The highest BCUT2D eigenvalue weighted by Crippen LogP contribution is 2.08. The van der Waals surface area contributed by atoms with Gasteiger partial charge in [-0.15, -0.1) is 0 Å². The van der Waals surface area contributed by atoms with E-state index in [0.29, 0.717) is 6.04 Å². The van der Waals surface area contributed by atoms with Crippen LogP contribution in [0.5, 0.6) is 0 Å². The number of rotatable bonds is 2. The minimum absolute atomic E-state index is 0.378. The zero-order valence-electron chi connectivity index (χ0n) is 8.82. The Labute approximate surface area is 86.0 Å². The van der Waals surface area contributed by atoms with Crippen LogP contribution in [-0.2, 0) is 0 Å². The molecule has 1 rings (SSSR count). The van der Waals surface area contributed by atoms with Crippen molar-refractivity contribution in [1.29, 1.82) is 0 Å². The van der Waals surface area contributed by atoms with Crippen molar-refractivity contribution in [3.63, 3.8) is 0 Å². The molecule has 0 unspecified atom stereocenters. The van der Waals surface area contributed by atoms with Crippen molar-refractivity contribution >= 4 is 5.84 Å². The van der Waals surface area contributed by atoms with Crippen LogP contribution in [0, 0.1) is 0 Å². The van der Waals surface area contributed by atoms with Gasteiger partial charge in [-0.1, -0.05) is 12.7 Å². The molecule has 1 heterocycles. The van der Waals surface area contributed by atoms with E-state index in [2.05, 4.69) is 16.5 Å². The lowest BCUT2D eigenvalue weighted by Gasteiger charge is -2.31. The Morgan fingerprint density at radius 3 is 2.71 bits per heavy atom. The predicted molar refractivity (Wildman–Crippen MR) is 61.2 cm³/mol. The molecule has 0 aromatic carbocycles. The maximum atomic E-state index is 5.82. The first-order chi connectivity index (χ1) is 6.74. The lowest BCUT2D eigenvalue weighted by molar-refractivity contribution is 0.312. The van der Waals surface area contributed by atoms with Crippen molar-refractivity contribution in [3.8, 4) is 0 Å². The van der Waals surface area contributed by atoms with Crippen molar-refractivity contribution in [2.24, 2.45) is 10.7 Å². The summed E-state index contributed by atoms with van der Waals surface area (Å²) >= 11 is 0. The van der Waals surface area contributed by atoms with Crippen LogP contribution < -0.4 is 5.73 Å². The average molecular weight is 193 g/mol. The SMILES string of the molecule is C=C/C=C\N=C(C)N1CCC(N)CC1. The monoisotopic (exact) mass is 193 g/mol. The van der Waals surface area contributed by atoms with Gasteiger partial charge >= 0.3 is 0 Å². The molecule has 1 fully saturated rings. The van der Waals surface area contributed by atoms with Crippen LogP contribution in [0.15, 0.2) is 29.9 Å². The van der Waals surface area contributed by atoms with E-state index in [9.17, 15) is 0 Å². The maximum absolute atomic E-state index is 5.82. The Bertz CT molecular complexity index is 235. The molecule has 0 bridgehead atoms. The van der Waals surface area contributed by atoms with Crippen LogP contribution in [0.2, 0.25) is 0 Å². The van der Waals surface area contributed by atoms with Gasteiger partial charge in [0.15, 0.2) is 0 Å². The molecule has 1 aliphatic heterocycles. The molecule has 0 aromatic heterocycles. The summed E-state index contributed by atoms with van der Waals surface area (Å²) in [7, 11) is 0. The number of hydrogen-bond acceptors (Lipinski definition) is 2. The van der Waals surface area contributed by atoms with Crippen LogP contribution >= 0.6 is 0 Å². The first kappa shape index (κ1) is 11.0. The summed E-state index contributed by atoms with van der Waals surface area (Å²) < 4.78 is 0. The Hall–Kier alpha value is -1.09. The minimum atomic E-state index is 0.378. The van der Waals surface area contributed by atoms with Gasteiger partial charge in [-0.05, 0) is 25.8 Å². The molecule has 2 N–H and O–H groups in total. The number of hydrogen-bond donors (Lipinski definition) is 1. The summed E-state index contributed by atoms with van der Waals surface area (Å²) in [6, 6.07) is 0.378. The van der Waals surface area contributed by atoms with E-state index in [0.717, 1.165) is 31.8 Å². The fourth-order valence-electron chi connectivity index (χ4n) is 1.52. The summed E-state index contributed by atoms with van der Waals surface area (Å²) in [6.45, 7) is 7.68. The van der Waals surface area contributed by atoms with Crippen molar-refractivity contribution < 1.29 is 0 Å². The van der Waals surface area contributed by atoms with Gasteiger partial charge in [-0.25, -0.2) is 4.99 Å². The fourth-order valence-corrected chi connectivity index (χ4v) is 1.52. The lowest BCUT2D eigenvalue weighted by Crippen LogP contribution is -2.41. The number of piperidine rings is 1. The van der Waals surface area contributed by atoms with E-state index < -0.39 is 0 Å². The van der Waals surface area contributed by atoms with Gasteiger partial charge in [-0.2, -0.15) is 0 Å². The van der Waals surface area contributed by atoms with Gasteiger partial charge in [-0.3, -0.25) is 0 Å². The molecular formula is C11H19N3. The molecule has 3 nitrogen and oxygen atoms in total. The van der Waals surface area contributed by atoms with Crippen LogP contribution in [0.3, 0.4) is 0 Å². The molecule has 0 aliphatic carbocycles. The third-order valence-electron chi connectivity index (χ3n) is 2.48. The van der Waals surface area contributed by atoms with Gasteiger partial charge in [0.1, 0.15) is 5.84 Å². The summed E-state index contributed by atoms with van der Waals surface area (Å²) in [5.41, 5.74) is 5.82. The third kappa shape index (κ3) is 3.34. The van der Waals surface area contributed by atoms with Gasteiger partial charge in [0.25, 0.3) is 0 Å². The average Bonchev–Trinajstić information content (AvgIpc) is 2.19. The highest BCUT2D eigenvalue weighted by molar-refractivity contribution is 5.80. The van der Waals surface area contributed by atoms with Gasteiger partial charge in [0.2, 0.25) is 0 Å². The lowest BCUT2D eigenvalue weighted by atomic mass is 10.1. The summed E-state index contributed by atoms with van der Waals surface area (Å²) in [5, 5.41) is 0. The van der Waals surface area contributed by atoms with E-state index in [1.54, 1.807) is 12.3 Å². The van der Waals surface area contributed by atoms with Gasteiger partial charge < -0.3 is 10.6 Å². The first-order valence-corrected chi connectivity index (χ1v) is 5.06. The van der Waals surface area contributed by atoms with E-state index in [-0.39, 0.29) is 0 Å². The molecule has 3 heteroatoms. The number of nitrogens with zero attached hydrogens (tertiary/aromatic N) is 2. The van der Waals surface area contributed by atoms with Crippen LogP contribution in [0.25, 0.3) is 0 Å². The molecule has 0 aromatic rings. The number of nitrogens with two attached hydrogens (primary N) is 1. The van der Waals surface area contributed by atoms with Crippen molar-refractivity contribution in [2.75, 3.05) is 13.1 Å². The van der Waals surface area contributed by atoms with E-state index in [4.69, 9.17) is 5.73 Å². The molecule has 0 atom stereocenters. The molecule has 0 radical (unpaired) electrons. The Balaban J connectivity index is 2.44. The fraction of sp³-hybridized carbons (Fsp3) is 0.545. The number of amidine groups is 1. The number of aliphatic imine (C=N–C) groups is 1. The molecule has 0 saturated carbocycles. The first-order valence-electron chi connectivity index (χ1n) is 5.06. The standard InChI is InChI=1S/C11H19N3/c1-3-4-7-13-10(2)14-8-5-11(12)6-9-14/h3-4,7,11H,1,5-6,8-9,12H2,2H3/b7-4-,13-10?. The predicted octanol–water partition coefficient (Wildman–Crippen LogP) is 1.53. The third-order valence-corrected chi connectivity index (χ3v) is 2.48. The molecule has 14 heavy (non-hydrogen) atoms. The maximum Gasteiger partial charge on any atom is 0.101 e. The highest BCUT2D eigenvalue weighted by Gasteiger charge is 2.15. The number of likely N-dealkylation sites (tertiary alicyclic amines) is 1. The van der Waals surface area contributed by atoms with Crippen molar-refractivity contribution in [2.45, 2.75) is 25.8 Å². The molecule has 1 saturated heterocycles. The highest BCUT2D eigenvalue weighted by atomic mass is 15.2. The molecule has 0 amide bonds. The molecule has 1 aliphatic rings. The minimum Gasteiger partial charge on any atom is -0.360 e. The molecule has 0 spiro atoms. The van der Waals surface area contributed by atoms with Crippen LogP contribution in [-0.4, -0.2) is 29.9 Å². The van der Waals surface area contributed by atoms with Crippen LogP contribution in [0.4, 0.5) is 0 Å². The second-order valence-electron chi connectivity index (χ2n) is 3.58. The smallest absolute Gasteiger partial charge is 0.101 e. The van der Waals surface area contributed by atoms with E-state index in [1.807, 2.05) is 13.0 Å². The summed E-state index contributed by atoms with van der Waals surface area (Å²) in [5.74, 6) is 1.06. The largest absolute Gasteiger partial charge is 0.360 e. The van der Waals surface area contributed by atoms with Gasteiger partial charge in [0.05, 0.1) is 0 Å². The Morgan fingerprint density at radius 2 is 2.14 bits per heavy atom. The number of allylic oxidation sites excluding steroid dienone is 2. The summed E-state index contributed by atoms with van der Waals surface area (Å²) in [6.07, 6.45) is 7.47. The normalized spacial score (nSPS) is 20.4. The molecular weight excluding hydrogens is 174 g/mol. The van der Waals surface area contributed by atoms with Crippen LogP contribution in [0.1, 0.15) is 19.8 Å². The second kappa shape index (κ2) is 5.60. The quantitative estimate of drug-likeness (QED) is 0.410. The second-order valence-corrected chi connectivity index (χ2v) is 3.58. The van der Waals surface area contributed by atoms with Crippen molar-refractivity contribution in [1.82, 2.24) is 4.90 Å².